The third-order valence-corrected chi connectivity index (χ3v) is 2.20. The molecule has 16 heavy (non-hydrogen) atoms. The van der Waals surface area contributed by atoms with Crippen molar-refractivity contribution in [3.8, 4) is 11.3 Å². The number of rotatable bonds is 4. The molecule has 0 spiro atoms. The fraction of sp³-hybridized carbons (Fsp3) is 0.250. The lowest BCUT2D eigenvalue weighted by Crippen LogP contribution is -2.02. The van der Waals surface area contributed by atoms with Crippen molar-refractivity contribution in [1.29, 1.82) is 0 Å². The molecule has 0 aliphatic carbocycles. The van der Waals surface area contributed by atoms with Crippen LogP contribution in [0.15, 0.2) is 36.7 Å². The van der Waals surface area contributed by atoms with E-state index in [2.05, 4.69) is 27.4 Å². The number of aromatic nitrogens is 3. The molecule has 0 fully saturated rings. The smallest absolute Gasteiger partial charge is 0.148 e. The Balaban J connectivity index is 2.13. The van der Waals surface area contributed by atoms with E-state index in [-0.39, 0.29) is 0 Å². The van der Waals surface area contributed by atoms with Crippen molar-refractivity contribution >= 4 is 5.82 Å². The molecule has 2 aromatic rings. The Labute approximate surface area is 94.8 Å². The summed E-state index contributed by atoms with van der Waals surface area (Å²) in [7, 11) is 0. The van der Waals surface area contributed by atoms with E-state index in [4.69, 9.17) is 0 Å². The molecular formula is C12H14N4. The molecule has 0 aliphatic heterocycles. The van der Waals surface area contributed by atoms with Crippen molar-refractivity contribution in [3.05, 3.63) is 36.7 Å². The number of pyridine rings is 1. The third kappa shape index (κ3) is 2.53. The van der Waals surface area contributed by atoms with Gasteiger partial charge in [0.05, 0.1) is 5.69 Å². The quantitative estimate of drug-likeness (QED) is 0.848. The number of hydrogen-bond donors (Lipinski definition) is 1. The van der Waals surface area contributed by atoms with Crippen molar-refractivity contribution in [3.63, 3.8) is 0 Å². The Hall–Kier alpha value is -1.97. The molecule has 4 heteroatoms. The summed E-state index contributed by atoms with van der Waals surface area (Å²) in [6, 6.07) is 7.74. The van der Waals surface area contributed by atoms with Crippen molar-refractivity contribution in [1.82, 2.24) is 15.2 Å². The molecule has 82 valence electrons. The molecule has 2 aromatic heterocycles. The van der Waals surface area contributed by atoms with Gasteiger partial charge in [-0.3, -0.25) is 4.98 Å². The van der Waals surface area contributed by atoms with Crippen LogP contribution in [0.1, 0.15) is 13.3 Å². The number of hydrogen-bond acceptors (Lipinski definition) is 4. The highest BCUT2D eigenvalue weighted by Gasteiger charge is 1.99. The number of anilines is 1. The SMILES string of the molecule is CCCNc1ccc(-c2ccncc2)nn1. The Morgan fingerprint density at radius 3 is 2.50 bits per heavy atom. The molecule has 0 bridgehead atoms. The first-order valence-electron chi connectivity index (χ1n) is 5.38. The fourth-order valence-electron chi connectivity index (χ4n) is 1.36. The second-order valence-corrected chi connectivity index (χ2v) is 3.47. The average Bonchev–Trinajstić information content (AvgIpc) is 2.38. The Bertz CT molecular complexity index is 425. The zero-order chi connectivity index (χ0) is 11.2. The number of nitrogens with zero attached hydrogens (tertiary/aromatic N) is 3. The van der Waals surface area contributed by atoms with Crippen LogP contribution >= 0.6 is 0 Å². The van der Waals surface area contributed by atoms with E-state index in [1.54, 1.807) is 12.4 Å². The number of nitrogens with one attached hydrogen (secondary N) is 1. The normalized spacial score (nSPS) is 10.1. The maximum Gasteiger partial charge on any atom is 0.148 e. The van der Waals surface area contributed by atoms with Crippen LogP contribution < -0.4 is 5.32 Å². The maximum absolute atomic E-state index is 4.16. The van der Waals surface area contributed by atoms with Crippen molar-refractivity contribution in [2.75, 3.05) is 11.9 Å². The summed E-state index contributed by atoms with van der Waals surface area (Å²) in [6.45, 7) is 3.04. The van der Waals surface area contributed by atoms with E-state index in [0.717, 1.165) is 30.0 Å². The summed E-state index contributed by atoms with van der Waals surface area (Å²) in [4.78, 5) is 3.97. The molecule has 0 radical (unpaired) electrons. The fourth-order valence-corrected chi connectivity index (χ4v) is 1.36. The average molecular weight is 214 g/mol. The van der Waals surface area contributed by atoms with Gasteiger partial charge in [-0.05, 0) is 30.7 Å². The Morgan fingerprint density at radius 1 is 1.06 bits per heavy atom. The van der Waals surface area contributed by atoms with Gasteiger partial charge >= 0.3 is 0 Å². The molecule has 0 atom stereocenters. The minimum absolute atomic E-state index is 0.819. The zero-order valence-electron chi connectivity index (χ0n) is 9.22. The molecule has 2 heterocycles. The molecule has 0 unspecified atom stereocenters. The van der Waals surface area contributed by atoms with Crippen LogP contribution in [0.2, 0.25) is 0 Å². The highest BCUT2D eigenvalue weighted by Crippen LogP contribution is 2.15. The first kappa shape index (κ1) is 10.5. The monoisotopic (exact) mass is 214 g/mol. The lowest BCUT2D eigenvalue weighted by molar-refractivity contribution is 0.945. The summed E-state index contributed by atoms with van der Waals surface area (Å²) in [6.07, 6.45) is 4.58. The van der Waals surface area contributed by atoms with Crippen molar-refractivity contribution in [2.24, 2.45) is 0 Å². The van der Waals surface area contributed by atoms with Gasteiger partial charge in [0.2, 0.25) is 0 Å². The van der Waals surface area contributed by atoms with Gasteiger partial charge in [-0.25, -0.2) is 0 Å². The van der Waals surface area contributed by atoms with Crippen LogP contribution in [-0.2, 0) is 0 Å². The van der Waals surface area contributed by atoms with Gasteiger partial charge < -0.3 is 5.32 Å². The van der Waals surface area contributed by atoms with E-state index >= 15 is 0 Å². The van der Waals surface area contributed by atoms with E-state index in [0.29, 0.717) is 0 Å². The third-order valence-electron chi connectivity index (χ3n) is 2.20. The lowest BCUT2D eigenvalue weighted by atomic mass is 10.2. The first-order valence-corrected chi connectivity index (χ1v) is 5.38. The van der Waals surface area contributed by atoms with Gasteiger partial charge in [-0.1, -0.05) is 6.92 Å². The molecule has 0 aromatic carbocycles. The summed E-state index contributed by atoms with van der Waals surface area (Å²) in [5, 5.41) is 11.5. The lowest BCUT2D eigenvalue weighted by Gasteiger charge is -2.03. The summed E-state index contributed by atoms with van der Waals surface area (Å²) in [5.74, 6) is 0.819. The Morgan fingerprint density at radius 2 is 1.88 bits per heavy atom. The van der Waals surface area contributed by atoms with E-state index in [9.17, 15) is 0 Å². The van der Waals surface area contributed by atoms with Crippen LogP contribution in [0, 0.1) is 0 Å². The van der Waals surface area contributed by atoms with Gasteiger partial charge in [0, 0.05) is 24.5 Å². The van der Waals surface area contributed by atoms with Crippen LogP contribution in [-0.4, -0.2) is 21.7 Å². The van der Waals surface area contributed by atoms with Gasteiger partial charge in [-0.15, -0.1) is 10.2 Å². The van der Waals surface area contributed by atoms with Gasteiger partial charge in [-0.2, -0.15) is 0 Å². The minimum Gasteiger partial charge on any atom is -0.369 e. The molecule has 2 rings (SSSR count). The topological polar surface area (TPSA) is 50.7 Å². The largest absolute Gasteiger partial charge is 0.369 e. The van der Waals surface area contributed by atoms with E-state index in [1.165, 1.54) is 0 Å². The summed E-state index contributed by atoms with van der Waals surface area (Å²) in [5.41, 5.74) is 1.90. The molecule has 0 amide bonds. The second kappa shape index (κ2) is 5.21. The van der Waals surface area contributed by atoms with Crippen LogP contribution in [0.3, 0.4) is 0 Å². The van der Waals surface area contributed by atoms with Gasteiger partial charge in [0.1, 0.15) is 5.82 Å². The Kier molecular flexibility index (Phi) is 3.43. The van der Waals surface area contributed by atoms with Gasteiger partial charge in [0.25, 0.3) is 0 Å². The first-order chi connectivity index (χ1) is 7.90. The van der Waals surface area contributed by atoms with Crippen molar-refractivity contribution in [2.45, 2.75) is 13.3 Å². The van der Waals surface area contributed by atoms with Crippen LogP contribution in [0.5, 0.6) is 0 Å². The highest BCUT2D eigenvalue weighted by molar-refractivity contribution is 5.58. The predicted molar refractivity (Wildman–Crippen MR) is 64.0 cm³/mol. The standard InChI is InChI=1S/C12H14N4/c1-2-7-14-12-4-3-11(15-16-12)10-5-8-13-9-6-10/h3-6,8-9H,2,7H2,1H3,(H,14,16). The van der Waals surface area contributed by atoms with Crippen LogP contribution in [0.4, 0.5) is 5.82 Å². The maximum atomic E-state index is 4.16. The predicted octanol–water partition coefficient (Wildman–Crippen LogP) is 2.36. The molecular weight excluding hydrogens is 200 g/mol. The molecule has 0 saturated carbocycles. The minimum atomic E-state index is 0.819. The second-order valence-electron chi connectivity index (χ2n) is 3.47. The van der Waals surface area contributed by atoms with Crippen molar-refractivity contribution < 1.29 is 0 Å². The molecule has 1 N–H and O–H groups in total. The summed E-state index contributed by atoms with van der Waals surface area (Å²) < 4.78 is 0. The molecule has 0 saturated heterocycles. The van der Waals surface area contributed by atoms with Crippen LogP contribution in [0.25, 0.3) is 11.3 Å². The zero-order valence-corrected chi connectivity index (χ0v) is 9.22. The van der Waals surface area contributed by atoms with E-state index < -0.39 is 0 Å². The molecule has 4 nitrogen and oxygen atoms in total. The van der Waals surface area contributed by atoms with E-state index in [1.807, 2.05) is 24.3 Å². The highest BCUT2D eigenvalue weighted by atomic mass is 15.2. The van der Waals surface area contributed by atoms with Gasteiger partial charge in [0.15, 0.2) is 0 Å². The molecule has 0 aliphatic rings. The summed E-state index contributed by atoms with van der Waals surface area (Å²) >= 11 is 0.